The van der Waals surface area contributed by atoms with Gasteiger partial charge in [-0.05, 0) is 118 Å². The van der Waals surface area contributed by atoms with Crippen molar-refractivity contribution in [2.24, 2.45) is 0 Å². The molecule has 236 valence electrons. The third-order valence-electron chi connectivity index (χ3n) is 10.2. The predicted octanol–water partition coefficient (Wildman–Crippen LogP) is 10.5. The van der Waals surface area contributed by atoms with Gasteiger partial charge in [-0.15, -0.1) is 11.3 Å². The molecule has 10 rings (SSSR count). The molecule has 4 heterocycles. The molecule has 0 bridgehead atoms. The van der Waals surface area contributed by atoms with Gasteiger partial charge in [0.25, 0.3) is 6.71 Å². The fourth-order valence-corrected chi connectivity index (χ4v) is 8.96. The lowest BCUT2D eigenvalue weighted by molar-refractivity contribution is 0.591. The van der Waals surface area contributed by atoms with Crippen LogP contribution in [0.5, 0.6) is 0 Å². The SMILES string of the molecule is CC(C)(C)c1ccc2sc3cc4c(cc3c2c1)B1c2cc3ccoc3cc2N(c2ccc(F)cc2)c2cccc(c21)N4c1ccc(F)cc1. The highest BCUT2D eigenvalue weighted by Gasteiger charge is 2.43. The first kappa shape index (κ1) is 28.6. The number of nitrogens with zero attached hydrogens (tertiary/aromatic N) is 2. The Morgan fingerprint density at radius 2 is 1.22 bits per heavy atom. The van der Waals surface area contributed by atoms with Crippen LogP contribution in [-0.4, -0.2) is 6.71 Å². The molecule has 0 atom stereocenters. The second kappa shape index (κ2) is 10.1. The molecule has 0 spiro atoms. The normalized spacial score (nSPS) is 13.7. The van der Waals surface area contributed by atoms with Crippen molar-refractivity contribution in [2.45, 2.75) is 26.2 Å². The van der Waals surface area contributed by atoms with E-state index in [1.165, 1.54) is 55.5 Å². The van der Waals surface area contributed by atoms with Gasteiger partial charge >= 0.3 is 0 Å². The minimum Gasteiger partial charge on any atom is -0.464 e. The van der Waals surface area contributed by atoms with Gasteiger partial charge in [-0.2, -0.15) is 0 Å². The van der Waals surface area contributed by atoms with Crippen molar-refractivity contribution in [1.82, 2.24) is 0 Å². The molecule has 0 radical (unpaired) electrons. The number of thiophene rings is 1. The molecular weight excluding hydrogens is 629 g/mol. The summed E-state index contributed by atoms with van der Waals surface area (Å²) in [5.74, 6) is -0.558. The summed E-state index contributed by atoms with van der Waals surface area (Å²) in [4.78, 5) is 4.49. The van der Waals surface area contributed by atoms with Gasteiger partial charge in [-0.1, -0.05) is 45.0 Å². The molecule has 0 unspecified atom stereocenters. The molecule has 0 N–H and O–H groups in total. The maximum Gasteiger partial charge on any atom is 0.252 e. The van der Waals surface area contributed by atoms with E-state index >= 15 is 0 Å². The van der Waals surface area contributed by atoms with Crippen LogP contribution in [0.25, 0.3) is 31.1 Å². The summed E-state index contributed by atoms with van der Waals surface area (Å²) in [6.07, 6.45) is 1.73. The number of hydrogen-bond acceptors (Lipinski definition) is 4. The molecular formula is C42H29BF2N2OS. The smallest absolute Gasteiger partial charge is 0.252 e. The van der Waals surface area contributed by atoms with Crippen molar-refractivity contribution < 1.29 is 13.2 Å². The third-order valence-corrected chi connectivity index (χ3v) is 11.3. The van der Waals surface area contributed by atoms with Crippen LogP contribution in [0.1, 0.15) is 26.3 Å². The van der Waals surface area contributed by atoms with E-state index in [2.05, 4.69) is 91.2 Å². The Bertz CT molecular complexity index is 2640. The lowest BCUT2D eigenvalue weighted by Gasteiger charge is -2.44. The van der Waals surface area contributed by atoms with E-state index in [-0.39, 0.29) is 23.8 Å². The van der Waals surface area contributed by atoms with E-state index in [4.69, 9.17) is 4.42 Å². The monoisotopic (exact) mass is 658 g/mol. The van der Waals surface area contributed by atoms with Crippen molar-refractivity contribution in [3.8, 4) is 0 Å². The van der Waals surface area contributed by atoms with Crippen LogP contribution in [0.2, 0.25) is 0 Å². The lowest BCUT2D eigenvalue weighted by atomic mass is 9.33. The summed E-state index contributed by atoms with van der Waals surface area (Å²) in [6.45, 7) is 6.67. The lowest BCUT2D eigenvalue weighted by Crippen LogP contribution is -2.61. The minimum absolute atomic E-state index is 0.0198. The first-order chi connectivity index (χ1) is 23.7. The molecule has 0 fully saturated rings. The molecule has 2 aliphatic heterocycles. The summed E-state index contributed by atoms with van der Waals surface area (Å²) in [5.41, 5.74) is 11.4. The van der Waals surface area contributed by atoms with Crippen LogP contribution in [-0.2, 0) is 5.41 Å². The number of hydrogen-bond donors (Lipinski definition) is 0. The maximum atomic E-state index is 14.4. The van der Waals surface area contributed by atoms with Crippen molar-refractivity contribution in [3.63, 3.8) is 0 Å². The Balaban J connectivity index is 1.33. The Morgan fingerprint density at radius 1 is 0.612 bits per heavy atom. The second-order valence-corrected chi connectivity index (χ2v) is 15.2. The molecule has 2 aromatic heterocycles. The van der Waals surface area contributed by atoms with Gasteiger partial charge in [0, 0.05) is 60.4 Å². The Kier molecular flexibility index (Phi) is 5.87. The fourth-order valence-electron chi connectivity index (χ4n) is 7.86. The average Bonchev–Trinajstić information content (AvgIpc) is 3.70. The van der Waals surface area contributed by atoms with Gasteiger partial charge in [0.15, 0.2) is 0 Å². The van der Waals surface area contributed by atoms with Gasteiger partial charge in [0.1, 0.15) is 17.2 Å². The van der Waals surface area contributed by atoms with Crippen molar-refractivity contribution >= 4 is 99.7 Å². The first-order valence-electron chi connectivity index (χ1n) is 16.5. The highest BCUT2D eigenvalue weighted by molar-refractivity contribution is 7.26. The number of rotatable bonds is 2. The van der Waals surface area contributed by atoms with E-state index in [0.717, 1.165) is 56.0 Å². The Labute approximate surface area is 286 Å². The summed E-state index contributed by atoms with van der Waals surface area (Å²) in [7, 11) is 0. The topological polar surface area (TPSA) is 19.6 Å². The quantitative estimate of drug-likeness (QED) is 0.172. The van der Waals surface area contributed by atoms with Crippen molar-refractivity contribution in [1.29, 1.82) is 0 Å². The summed E-state index contributed by atoms with van der Waals surface area (Å²) < 4.78 is 37.0. The molecule has 49 heavy (non-hydrogen) atoms. The molecule has 6 aromatic carbocycles. The number of anilines is 6. The van der Waals surface area contributed by atoms with Gasteiger partial charge in [-0.25, -0.2) is 8.78 Å². The summed E-state index contributed by atoms with van der Waals surface area (Å²) in [5, 5.41) is 3.52. The van der Waals surface area contributed by atoms with Crippen LogP contribution in [0.15, 0.2) is 126 Å². The fraction of sp³-hybridized carbons (Fsp3) is 0.0952. The molecule has 0 aliphatic carbocycles. The highest BCUT2D eigenvalue weighted by Crippen LogP contribution is 2.47. The summed E-state index contributed by atoms with van der Waals surface area (Å²) in [6, 6.07) is 37.8. The van der Waals surface area contributed by atoms with E-state index in [9.17, 15) is 8.78 Å². The molecule has 0 saturated heterocycles. The predicted molar refractivity (Wildman–Crippen MR) is 202 cm³/mol. The summed E-state index contributed by atoms with van der Waals surface area (Å²) >= 11 is 1.81. The Morgan fingerprint density at radius 3 is 1.88 bits per heavy atom. The molecule has 8 aromatic rings. The largest absolute Gasteiger partial charge is 0.464 e. The molecule has 3 nitrogen and oxygen atoms in total. The van der Waals surface area contributed by atoms with Crippen LogP contribution in [0.3, 0.4) is 0 Å². The zero-order chi connectivity index (χ0) is 33.2. The van der Waals surface area contributed by atoms with E-state index in [1.807, 2.05) is 41.7 Å². The minimum atomic E-state index is -0.284. The molecule has 7 heteroatoms. The van der Waals surface area contributed by atoms with Gasteiger partial charge in [0.05, 0.1) is 6.26 Å². The zero-order valence-electron chi connectivity index (χ0n) is 27.1. The van der Waals surface area contributed by atoms with E-state index < -0.39 is 0 Å². The molecule has 2 aliphatic rings. The first-order valence-corrected chi connectivity index (χ1v) is 17.3. The number of fused-ring (bicyclic) bond motifs is 8. The van der Waals surface area contributed by atoms with Crippen LogP contribution in [0, 0.1) is 11.6 Å². The van der Waals surface area contributed by atoms with Crippen LogP contribution in [0.4, 0.5) is 42.9 Å². The van der Waals surface area contributed by atoms with Crippen LogP contribution < -0.4 is 26.2 Å². The van der Waals surface area contributed by atoms with Gasteiger partial charge < -0.3 is 14.2 Å². The number of benzene rings is 6. The third kappa shape index (κ3) is 4.18. The van der Waals surface area contributed by atoms with Crippen molar-refractivity contribution in [2.75, 3.05) is 9.80 Å². The average molecular weight is 659 g/mol. The van der Waals surface area contributed by atoms with Gasteiger partial charge in [-0.3, -0.25) is 0 Å². The van der Waals surface area contributed by atoms with Crippen LogP contribution >= 0.6 is 11.3 Å². The van der Waals surface area contributed by atoms with E-state index in [1.54, 1.807) is 6.26 Å². The second-order valence-electron chi connectivity index (χ2n) is 14.1. The van der Waals surface area contributed by atoms with E-state index in [0.29, 0.717) is 0 Å². The number of halogens is 2. The Hall–Kier alpha value is -5.40. The molecule has 0 saturated carbocycles. The number of furan rings is 1. The highest BCUT2D eigenvalue weighted by atomic mass is 32.1. The van der Waals surface area contributed by atoms with Crippen molar-refractivity contribution in [3.05, 3.63) is 139 Å². The molecule has 0 amide bonds. The maximum absolute atomic E-state index is 14.4. The standard InChI is InChI=1S/C42H29BF2N2OS/c1-42(2,3)25-7-16-39-30(20-25)31-21-33-37(23-40(31)49-39)47(29-14-10-27(45)11-15-29)35-6-4-5-34-41(35)43(33)32-19-24-17-18-48-38(24)22-36(32)46(34)28-12-8-26(44)9-13-28/h4-23H,1-3H3. The zero-order valence-corrected chi connectivity index (χ0v) is 27.9. The van der Waals surface area contributed by atoms with Gasteiger partial charge in [0.2, 0.25) is 0 Å².